The van der Waals surface area contributed by atoms with Crippen LogP contribution in [0.1, 0.15) is 56.5 Å². The van der Waals surface area contributed by atoms with Crippen LogP contribution < -0.4 is 5.73 Å². The predicted molar refractivity (Wildman–Crippen MR) is 86.5 cm³/mol. The first-order valence-electron chi connectivity index (χ1n) is 8.03. The van der Waals surface area contributed by atoms with Crippen molar-refractivity contribution in [3.8, 4) is 5.69 Å². The van der Waals surface area contributed by atoms with Crippen molar-refractivity contribution in [3.05, 3.63) is 41.2 Å². The molecule has 0 unspecified atom stereocenters. The van der Waals surface area contributed by atoms with Gasteiger partial charge in [0.05, 0.1) is 17.1 Å². The molecular weight excluding hydrogens is 260 g/mol. The lowest BCUT2D eigenvalue weighted by Gasteiger charge is -2.08. The molecule has 0 spiro atoms. The Morgan fingerprint density at radius 1 is 1.00 bits per heavy atom. The molecule has 0 saturated heterocycles. The number of aromatic nitrogens is 3. The summed E-state index contributed by atoms with van der Waals surface area (Å²) < 4.78 is 1.95. The van der Waals surface area contributed by atoms with E-state index in [1.165, 1.54) is 18.4 Å². The van der Waals surface area contributed by atoms with E-state index in [9.17, 15) is 0 Å². The Kier molecular flexibility index (Phi) is 5.93. The smallest absolute Gasteiger partial charge is 0.0999 e. The summed E-state index contributed by atoms with van der Waals surface area (Å²) in [6.07, 6.45) is 6.88. The summed E-state index contributed by atoms with van der Waals surface area (Å²) in [5.74, 6) is 0. The minimum Gasteiger partial charge on any atom is -0.325 e. The van der Waals surface area contributed by atoms with Crippen LogP contribution in [0.5, 0.6) is 0 Å². The molecule has 0 aliphatic heterocycles. The molecule has 2 rings (SSSR count). The highest BCUT2D eigenvalue weighted by Gasteiger charge is 2.12. The molecule has 0 amide bonds. The number of aryl methyl sites for hydroxylation is 1. The Morgan fingerprint density at radius 2 is 1.67 bits per heavy atom. The third kappa shape index (κ3) is 3.91. The minimum atomic E-state index is 0.452. The number of nitrogens with two attached hydrogens (primary N) is 1. The molecule has 4 heteroatoms. The molecule has 0 aliphatic carbocycles. The van der Waals surface area contributed by atoms with E-state index in [4.69, 9.17) is 5.73 Å². The van der Waals surface area contributed by atoms with Crippen LogP contribution in [-0.4, -0.2) is 15.0 Å². The first-order chi connectivity index (χ1) is 10.3. The molecule has 2 N–H and O–H groups in total. The molecule has 4 nitrogen and oxygen atoms in total. The van der Waals surface area contributed by atoms with E-state index >= 15 is 0 Å². The molecule has 1 heterocycles. The van der Waals surface area contributed by atoms with Gasteiger partial charge in [-0.1, -0.05) is 44.0 Å². The molecular formula is C17H26N4. The Balaban J connectivity index is 2.22. The SMILES string of the molecule is CCCCc1ccc(-n2nnc(CN)c2CCCC)cc1. The highest BCUT2D eigenvalue weighted by Crippen LogP contribution is 2.17. The van der Waals surface area contributed by atoms with E-state index in [0.717, 1.165) is 42.8 Å². The molecule has 0 fully saturated rings. The van der Waals surface area contributed by atoms with E-state index < -0.39 is 0 Å². The van der Waals surface area contributed by atoms with Crippen LogP contribution in [0.25, 0.3) is 5.69 Å². The second-order valence-electron chi connectivity index (χ2n) is 5.47. The zero-order chi connectivity index (χ0) is 15.1. The quantitative estimate of drug-likeness (QED) is 0.809. The monoisotopic (exact) mass is 286 g/mol. The zero-order valence-electron chi connectivity index (χ0n) is 13.2. The summed E-state index contributed by atoms with van der Waals surface area (Å²) in [6.45, 7) is 4.87. The molecule has 1 aromatic carbocycles. The third-order valence-electron chi connectivity index (χ3n) is 3.80. The summed E-state index contributed by atoms with van der Waals surface area (Å²) >= 11 is 0. The van der Waals surface area contributed by atoms with Gasteiger partial charge in [-0.15, -0.1) is 5.10 Å². The minimum absolute atomic E-state index is 0.452. The largest absolute Gasteiger partial charge is 0.325 e. The van der Waals surface area contributed by atoms with Crippen molar-refractivity contribution in [1.29, 1.82) is 0 Å². The van der Waals surface area contributed by atoms with Crippen LogP contribution in [-0.2, 0) is 19.4 Å². The van der Waals surface area contributed by atoms with Gasteiger partial charge in [0.15, 0.2) is 0 Å². The molecule has 0 radical (unpaired) electrons. The van der Waals surface area contributed by atoms with Crippen LogP contribution in [0.4, 0.5) is 0 Å². The molecule has 2 aromatic rings. The Hall–Kier alpha value is -1.68. The average Bonchev–Trinajstić information content (AvgIpc) is 2.94. The van der Waals surface area contributed by atoms with Gasteiger partial charge < -0.3 is 5.73 Å². The van der Waals surface area contributed by atoms with Crippen molar-refractivity contribution < 1.29 is 0 Å². The van der Waals surface area contributed by atoms with E-state index in [2.05, 4.69) is 48.4 Å². The van der Waals surface area contributed by atoms with Crippen molar-refractivity contribution in [1.82, 2.24) is 15.0 Å². The Bertz CT molecular complexity index is 542. The third-order valence-corrected chi connectivity index (χ3v) is 3.80. The number of hydrogen-bond donors (Lipinski definition) is 1. The number of rotatable bonds is 8. The van der Waals surface area contributed by atoms with E-state index in [1.807, 2.05) is 4.68 Å². The van der Waals surface area contributed by atoms with Crippen molar-refractivity contribution >= 4 is 0 Å². The highest BCUT2D eigenvalue weighted by atomic mass is 15.4. The van der Waals surface area contributed by atoms with Gasteiger partial charge in [0.25, 0.3) is 0 Å². The van der Waals surface area contributed by atoms with E-state index in [1.54, 1.807) is 0 Å². The van der Waals surface area contributed by atoms with Crippen molar-refractivity contribution in [2.24, 2.45) is 5.73 Å². The van der Waals surface area contributed by atoms with Gasteiger partial charge in [-0.3, -0.25) is 0 Å². The van der Waals surface area contributed by atoms with Gasteiger partial charge >= 0.3 is 0 Å². The second-order valence-corrected chi connectivity index (χ2v) is 5.47. The molecule has 114 valence electrons. The first-order valence-corrected chi connectivity index (χ1v) is 8.03. The average molecular weight is 286 g/mol. The fourth-order valence-corrected chi connectivity index (χ4v) is 2.48. The zero-order valence-corrected chi connectivity index (χ0v) is 13.2. The number of unbranched alkanes of at least 4 members (excludes halogenated alkanes) is 2. The van der Waals surface area contributed by atoms with E-state index in [0.29, 0.717) is 6.54 Å². The second kappa shape index (κ2) is 7.93. The summed E-state index contributed by atoms with van der Waals surface area (Å²) in [4.78, 5) is 0. The lowest BCUT2D eigenvalue weighted by atomic mass is 10.1. The summed E-state index contributed by atoms with van der Waals surface area (Å²) in [7, 11) is 0. The fourth-order valence-electron chi connectivity index (χ4n) is 2.48. The van der Waals surface area contributed by atoms with Crippen molar-refractivity contribution in [3.63, 3.8) is 0 Å². The maximum atomic E-state index is 5.78. The van der Waals surface area contributed by atoms with E-state index in [-0.39, 0.29) is 0 Å². The Labute approximate surface area is 127 Å². The van der Waals surface area contributed by atoms with Gasteiger partial charge in [0, 0.05) is 6.54 Å². The molecule has 21 heavy (non-hydrogen) atoms. The van der Waals surface area contributed by atoms with Gasteiger partial charge in [0.1, 0.15) is 0 Å². The fraction of sp³-hybridized carbons (Fsp3) is 0.529. The van der Waals surface area contributed by atoms with Gasteiger partial charge in [-0.2, -0.15) is 0 Å². The normalized spacial score (nSPS) is 11.0. The number of benzene rings is 1. The number of hydrogen-bond acceptors (Lipinski definition) is 3. The van der Waals surface area contributed by atoms with Gasteiger partial charge in [0.2, 0.25) is 0 Å². The molecule has 0 bridgehead atoms. The van der Waals surface area contributed by atoms with Crippen LogP contribution in [0.15, 0.2) is 24.3 Å². The molecule has 0 saturated carbocycles. The van der Waals surface area contributed by atoms with Crippen LogP contribution in [0, 0.1) is 0 Å². The van der Waals surface area contributed by atoms with Gasteiger partial charge in [-0.05, 0) is 43.4 Å². The topological polar surface area (TPSA) is 56.7 Å². The highest BCUT2D eigenvalue weighted by molar-refractivity contribution is 5.36. The lowest BCUT2D eigenvalue weighted by molar-refractivity contribution is 0.713. The summed E-state index contributed by atoms with van der Waals surface area (Å²) in [5.41, 5.74) is 10.3. The molecule has 0 atom stereocenters. The number of nitrogens with zero attached hydrogens (tertiary/aromatic N) is 3. The van der Waals surface area contributed by atoms with Crippen LogP contribution in [0.2, 0.25) is 0 Å². The van der Waals surface area contributed by atoms with Crippen molar-refractivity contribution in [2.75, 3.05) is 0 Å². The standard InChI is InChI=1S/C17H26N4/c1-3-5-7-14-9-11-15(12-10-14)21-17(8-6-4-2)16(13-18)19-20-21/h9-12H,3-8,13,18H2,1-2H3. The lowest BCUT2D eigenvalue weighted by Crippen LogP contribution is -2.06. The van der Waals surface area contributed by atoms with Gasteiger partial charge in [-0.25, -0.2) is 4.68 Å². The molecule has 0 aliphatic rings. The first kappa shape index (κ1) is 15.7. The maximum Gasteiger partial charge on any atom is 0.0999 e. The predicted octanol–water partition coefficient (Wildman–Crippen LogP) is 3.41. The Morgan fingerprint density at radius 3 is 2.29 bits per heavy atom. The summed E-state index contributed by atoms with van der Waals surface area (Å²) in [6, 6.07) is 8.65. The van der Waals surface area contributed by atoms with Crippen LogP contribution >= 0.6 is 0 Å². The van der Waals surface area contributed by atoms with Crippen LogP contribution in [0.3, 0.4) is 0 Å². The molecule has 1 aromatic heterocycles. The van der Waals surface area contributed by atoms with Crippen molar-refractivity contribution in [2.45, 2.75) is 58.9 Å². The summed E-state index contributed by atoms with van der Waals surface area (Å²) in [5, 5.41) is 8.51. The maximum absolute atomic E-state index is 5.78.